The molecule has 1 aliphatic heterocycles. The molecule has 2 bridgehead atoms. The number of nitrogens with zero attached hydrogens (tertiary/aromatic N) is 1. The molecule has 2 fully saturated rings. The molecular weight excluding hydrogens is 280 g/mol. The predicted molar refractivity (Wildman–Crippen MR) is 80.8 cm³/mol. The Hall–Kier alpha value is -2.43. The average Bonchev–Trinajstić information content (AvgIpc) is 3.13. The lowest BCUT2D eigenvalue weighted by Gasteiger charge is -2.17. The second kappa shape index (κ2) is 5.09. The maximum atomic E-state index is 12.6. The molecule has 5 heteroatoms. The highest BCUT2D eigenvalue weighted by Gasteiger charge is 2.59. The molecule has 114 valence electrons. The van der Waals surface area contributed by atoms with Gasteiger partial charge >= 0.3 is 0 Å². The van der Waals surface area contributed by atoms with E-state index in [1.807, 2.05) is 0 Å². The third-order valence-electron chi connectivity index (χ3n) is 4.83. The monoisotopic (exact) mass is 298 g/mol. The largest absolute Gasteiger partial charge is 0.366 e. The lowest BCUT2D eigenvalue weighted by atomic mass is 9.85. The Kier molecular flexibility index (Phi) is 3.35. The van der Waals surface area contributed by atoms with Crippen molar-refractivity contribution in [1.29, 1.82) is 0 Å². The number of allylic oxidation sites excluding steroid dienone is 5. The zero-order valence-electron chi connectivity index (χ0n) is 12.4. The third kappa shape index (κ3) is 1.96. The van der Waals surface area contributed by atoms with Gasteiger partial charge < -0.3 is 5.73 Å². The highest BCUT2D eigenvalue weighted by molar-refractivity contribution is 6.08. The number of imide groups is 1. The van der Waals surface area contributed by atoms with Crippen LogP contribution in [-0.2, 0) is 14.4 Å². The van der Waals surface area contributed by atoms with Crippen LogP contribution in [0.25, 0.3) is 0 Å². The molecular formula is C17H18N2O3. The van der Waals surface area contributed by atoms with Crippen molar-refractivity contribution in [3.8, 4) is 0 Å². The van der Waals surface area contributed by atoms with E-state index in [1.165, 1.54) is 17.1 Å². The highest BCUT2D eigenvalue weighted by atomic mass is 16.2. The van der Waals surface area contributed by atoms with Gasteiger partial charge in [-0.15, -0.1) is 0 Å². The Morgan fingerprint density at radius 2 is 1.77 bits per heavy atom. The minimum Gasteiger partial charge on any atom is -0.366 e. The Morgan fingerprint density at radius 3 is 2.23 bits per heavy atom. The molecule has 2 N–H and O–H groups in total. The van der Waals surface area contributed by atoms with Gasteiger partial charge in [0.05, 0.1) is 11.8 Å². The van der Waals surface area contributed by atoms with E-state index in [0.717, 1.165) is 6.42 Å². The summed E-state index contributed by atoms with van der Waals surface area (Å²) in [6.07, 6.45) is 9.41. The number of rotatable bonds is 4. The SMILES string of the molecule is C=C/C(=C\C=C(/C)N1C(=O)C2C3C=CC(C3)C2C1=O)C(N)=O. The van der Waals surface area contributed by atoms with Crippen LogP contribution in [0.1, 0.15) is 13.3 Å². The summed E-state index contributed by atoms with van der Waals surface area (Å²) < 4.78 is 0. The number of primary amides is 1. The van der Waals surface area contributed by atoms with Gasteiger partial charge in [-0.1, -0.05) is 24.8 Å². The number of likely N-dealkylation sites (tertiary alicyclic amines) is 1. The first-order valence-corrected chi connectivity index (χ1v) is 7.32. The Labute approximate surface area is 128 Å². The van der Waals surface area contributed by atoms with Crippen LogP contribution in [-0.4, -0.2) is 22.6 Å². The minimum absolute atomic E-state index is 0.131. The van der Waals surface area contributed by atoms with Gasteiger partial charge in [-0.3, -0.25) is 19.3 Å². The third-order valence-corrected chi connectivity index (χ3v) is 4.83. The van der Waals surface area contributed by atoms with E-state index >= 15 is 0 Å². The van der Waals surface area contributed by atoms with E-state index in [1.54, 1.807) is 13.0 Å². The summed E-state index contributed by atoms with van der Waals surface area (Å²) in [7, 11) is 0. The first-order valence-electron chi connectivity index (χ1n) is 7.32. The van der Waals surface area contributed by atoms with Gasteiger partial charge in [-0.2, -0.15) is 0 Å². The maximum Gasteiger partial charge on any atom is 0.248 e. The predicted octanol–water partition coefficient (Wildman–Crippen LogP) is 1.29. The Bertz CT molecular complexity index is 641. The first-order chi connectivity index (χ1) is 10.5. The Morgan fingerprint density at radius 1 is 1.23 bits per heavy atom. The van der Waals surface area contributed by atoms with Gasteiger partial charge in [0, 0.05) is 11.3 Å². The zero-order chi connectivity index (χ0) is 16.0. The Balaban J connectivity index is 1.87. The van der Waals surface area contributed by atoms with Crippen LogP contribution in [0.15, 0.2) is 48.2 Å². The molecule has 3 rings (SSSR count). The molecule has 5 nitrogen and oxygen atoms in total. The molecule has 3 aliphatic rings. The summed E-state index contributed by atoms with van der Waals surface area (Å²) in [5, 5.41) is 0. The first kappa shape index (κ1) is 14.5. The van der Waals surface area contributed by atoms with Gasteiger partial charge in [0.25, 0.3) is 0 Å². The van der Waals surface area contributed by atoms with Gasteiger partial charge in [-0.05, 0) is 37.3 Å². The summed E-state index contributed by atoms with van der Waals surface area (Å²) in [5.41, 5.74) is 5.94. The lowest BCUT2D eigenvalue weighted by molar-refractivity contribution is -0.138. The number of carbonyl (C=O) groups is 3. The van der Waals surface area contributed by atoms with Crippen molar-refractivity contribution in [3.05, 3.63) is 48.2 Å². The number of fused-ring (bicyclic) bond motifs is 5. The number of amides is 3. The molecule has 0 aromatic rings. The fourth-order valence-corrected chi connectivity index (χ4v) is 3.79. The summed E-state index contributed by atoms with van der Waals surface area (Å²) in [5.74, 6) is -0.920. The van der Waals surface area contributed by atoms with Crippen molar-refractivity contribution in [2.75, 3.05) is 0 Å². The summed E-state index contributed by atoms with van der Waals surface area (Å²) >= 11 is 0. The molecule has 0 aromatic carbocycles. The molecule has 0 radical (unpaired) electrons. The summed E-state index contributed by atoms with van der Waals surface area (Å²) in [6.45, 7) is 5.19. The quantitative estimate of drug-likeness (QED) is 0.367. The fraction of sp³-hybridized carbons (Fsp3) is 0.353. The van der Waals surface area contributed by atoms with E-state index in [2.05, 4.69) is 18.7 Å². The van der Waals surface area contributed by atoms with Crippen molar-refractivity contribution in [2.24, 2.45) is 29.4 Å². The molecule has 1 saturated carbocycles. The number of hydrogen-bond donors (Lipinski definition) is 1. The van der Waals surface area contributed by atoms with E-state index in [0.29, 0.717) is 5.70 Å². The maximum absolute atomic E-state index is 12.6. The van der Waals surface area contributed by atoms with Crippen LogP contribution in [0.2, 0.25) is 0 Å². The topological polar surface area (TPSA) is 80.5 Å². The average molecular weight is 298 g/mol. The molecule has 1 saturated heterocycles. The van der Waals surface area contributed by atoms with Crippen LogP contribution >= 0.6 is 0 Å². The van der Waals surface area contributed by atoms with Crippen molar-refractivity contribution in [3.63, 3.8) is 0 Å². The minimum atomic E-state index is -0.600. The van der Waals surface area contributed by atoms with E-state index in [9.17, 15) is 14.4 Å². The van der Waals surface area contributed by atoms with Gasteiger partial charge in [0.15, 0.2) is 0 Å². The molecule has 3 amide bonds. The molecule has 2 aliphatic carbocycles. The number of nitrogens with two attached hydrogens (primary N) is 1. The molecule has 22 heavy (non-hydrogen) atoms. The van der Waals surface area contributed by atoms with Crippen LogP contribution in [0.4, 0.5) is 0 Å². The normalized spacial score (nSPS) is 33.6. The number of hydrogen-bond acceptors (Lipinski definition) is 3. The van der Waals surface area contributed by atoms with Crippen molar-refractivity contribution < 1.29 is 14.4 Å². The van der Waals surface area contributed by atoms with Crippen LogP contribution in [0.3, 0.4) is 0 Å². The fourth-order valence-electron chi connectivity index (χ4n) is 3.79. The van der Waals surface area contributed by atoms with Gasteiger partial charge in [-0.25, -0.2) is 0 Å². The lowest BCUT2D eigenvalue weighted by Crippen LogP contribution is -2.31. The highest BCUT2D eigenvalue weighted by Crippen LogP contribution is 2.53. The van der Waals surface area contributed by atoms with Crippen LogP contribution < -0.4 is 5.73 Å². The second-order valence-electron chi connectivity index (χ2n) is 6.01. The van der Waals surface area contributed by atoms with Crippen molar-refractivity contribution >= 4 is 17.7 Å². The van der Waals surface area contributed by atoms with Gasteiger partial charge in [0.2, 0.25) is 17.7 Å². The van der Waals surface area contributed by atoms with E-state index < -0.39 is 5.91 Å². The van der Waals surface area contributed by atoms with Crippen molar-refractivity contribution in [1.82, 2.24) is 4.90 Å². The molecule has 0 spiro atoms. The van der Waals surface area contributed by atoms with Crippen molar-refractivity contribution in [2.45, 2.75) is 13.3 Å². The molecule has 1 heterocycles. The molecule has 4 atom stereocenters. The summed E-state index contributed by atoms with van der Waals surface area (Å²) in [4.78, 5) is 37.5. The van der Waals surface area contributed by atoms with E-state index in [-0.39, 0.29) is 41.1 Å². The van der Waals surface area contributed by atoms with Crippen LogP contribution in [0, 0.1) is 23.7 Å². The molecule has 0 aromatic heterocycles. The number of carbonyl (C=O) groups excluding carboxylic acids is 3. The molecule has 4 unspecified atom stereocenters. The standard InChI is InChI=1S/C17H18N2O3/c1-3-10(15(18)20)5-4-9(2)19-16(21)13-11-6-7-12(8-11)14(13)17(19)22/h3-7,11-14H,1,8H2,2H3,(H2,18,20)/b9-4+,10-5+. The smallest absolute Gasteiger partial charge is 0.248 e. The van der Waals surface area contributed by atoms with Gasteiger partial charge in [0.1, 0.15) is 0 Å². The summed E-state index contributed by atoms with van der Waals surface area (Å²) in [6, 6.07) is 0. The van der Waals surface area contributed by atoms with Crippen LogP contribution in [0.5, 0.6) is 0 Å². The van der Waals surface area contributed by atoms with E-state index in [4.69, 9.17) is 5.73 Å². The second-order valence-corrected chi connectivity index (χ2v) is 6.01. The zero-order valence-corrected chi connectivity index (χ0v) is 12.4.